The standard InChI is InChI=1S/C59H67N4O9/c1-34-6-3-7-35(24-34)33-72-53-29-39(28-52(69)57(53)70)38-25-40(32-60-2)55-44-14-13-43(64)26-37(44)10-15-47(55)63-54-30-41(19-22-62-54)59(20-18-48(65)46(59)31-42-8-4-21-61-42)56(51(68)27-38)49(66)16-11-36-12-17-50(67)58-45(36)9-5-23-71-58/h3-4,7-8,10,12-15,17,19,21-22,26,28-30,34-35,38,40,46,48-49,56,60,64-67,69-70H,5-6,9,11,16,18,20,23-25,27,31-33H2,1-2H3,(H,62,63)/q-1/t34-,35+,38+,40-,46-,48+,49+,56+,59-/m0/s1. The number of allylic oxidation sites excluding steroid dienone is 1. The van der Waals surface area contributed by atoms with Crippen LogP contribution >= 0.6 is 0 Å². The van der Waals surface area contributed by atoms with E-state index < -0.39 is 35.4 Å². The lowest BCUT2D eigenvalue weighted by Crippen LogP contribution is -2.51. The number of aliphatic hydroxyl groups excluding tert-OH is 2. The second-order valence-electron chi connectivity index (χ2n) is 21.0. The number of ketones is 1. The summed E-state index contributed by atoms with van der Waals surface area (Å²) in [5, 5.41) is 78.6. The summed E-state index contributed by atoms with van der Waals surface area (Å²) in [5.74, 6) is -1.49. The van der Waals surface area contributed by atoms with Crippen molar-refractivity contribution in [1.29, 1.82) is 0 Å². The molecule has 0 amide bonds. The molecule has 72 heavy (non-hydrogen) atoms. The van der Waals surface area contributed by atoms with Crippen LogP contribution in [0, 0.1) is 23.7 Å². The fraction of sp³-hybridized carbons (Fsp3) is 0.424. The summed E-state index contributed by atoms with van der Waals surface area (Å²) in [4.78, 5) is 25.9. The molecule has 1 fully saturated rings. The van der Waals surface area contributed by atoms with Gasteiger partial charge in [0.15, 0.2) is 23.0 Å². The number of carbonyl (C=O) groups excluding carboxylic acids is 1. The number of aromatic hydroxyl groups is 4. The fourth-order valence-corrected chi connectivity index (χ4v) is 13.0. The number of fused-ring (bicyclic) bond motifs is 7. The van der Waals surface area contributed by atoms with E-state index in [1.165, 1.54) is 6.07 Å². The number of rotatable bonds is 12. The molecule has 2 aliphatic heterocycles. The van der Waals surface area contributed by atoms with Gasteiger partial charge in [-0.25, -0.2) is 4.98 Å². The molecule has 2 aliphatic carbocycles. The first-order chi connectivity index (χ1) is 34.9. The van der Waals surface area contributed by atoms with E-state index in [-0.39, 0.29) is 59.2 Å². The first kappa shape index (κ1) is 49.1. The molecule has 13 nitrogen and oxygen atoms in total. The molecule has 0 unspecified atom stereocenters. The molecule has 8 N–H and O–H groups in total. The molecule has 6 aromatic rings. The van der Waals surface area contributed by atoms with E-state index in [1.54, 1.807) is 36.7 Å². The van der Waals surface area contributed by atoms with Gasteiger partial charge in [-0.05, 0) is 176 Å². The first-order valence-corrected chi connectivity index (χ1v) is 25.8. The van der Waals surface area contributed by atoms with E-state index in [2.05, 4.69) is 34.7 Å². The quantitative estimate of drug-likeness (QED) is 0.0425. The highest BCUT2D eigenvalue weighted by Crippen LogP contribution is 2.56. The molecule has 2 aromatic heterocycles. The Kier molecular flexibility index (Phi) is 14.2. The zero-order valence-electron chi connectivity index (χ0n) is 41.1. The number of nitrogens with one attached hydrogen (secondary N) is 2. The van der Waals surface area contributed by atoms with Crippen LogP contribution in [0.3, 0.4) is 0 Å². The maximum absolute atomic E-state index is 16.4. The number of aryl methyl sites for hydroxylation is 1. The number of pyridine rings is 1. The number of anilines is 2. The number of hydrogen-bond donors (Lipinski definition) is 8. The van der Waals surface area contributed by atoms with E-state index in [4.69, 9.17) is 14.5 Å². The molecule has 0 saturated heterocycles. The first-order valence-electron chi connectivity index (χ1n) is 25.8. The van der Waals surface area contributed by atoms with E-state index in [0.29, 0.717) is 81.3 Å². The monoisotopic (exact) mass is 975 g/mol. The molecule has 10 rings (SSSR count). The molecule has 1 spiro atoms. The third kappa shape index (κ3) is 9.74. The van der Waals surface area contributed by atoms with Crippen molar-refractivity contribution < 1.29 is 44.9 Å². The predicted octanol–water partition coefficient (Wildman–Crippen LogP) is 9.38. The van der Waals surface area contributed by atoms with Gasteiger partial charge in [0, 0.05) is 41.7 Å². The van der Waals surface area contributed by atoms with Gasteiger partial charge in [0.25, 0.3) is 0 Å². The topological polar surface area (TPSA) is 208 Å². The largest absolute Gasteiger partial charge is 0.668 e. The Bertz CT molecular complexity index is 2940. The molecule has 4 heterocycles. The van der Waals surface area contributed by atoms with Gasteiger partial charge >= 0.3 is 0 Å². The summed E-state index contributed by atoms with van der Waals surface area (Å²) in [6.45, 7) is 3.47. The number of phenols is 4. The number of ether oxygens (including phenoxy) is 2. The van der Waals surface area contributed by atoms with Crippen LogP contribution in [0.15, 0.2) is 103 Å². The van der Waals surface area contributed by atoms with E-state index in [9.17, 15) is 30.6 Å². The molecule has 4 aliphatic rings. The molecule has 378 valence electrons. The summed E-state index contributed by atoms with van der Waals surface area (Å²) in [5.41, 5.74) is 4.57. The van der Waals surface area contributed by atoms with Crippen molar-refractivity contribution in [3.05, 3.63) is 137 Å². The van der Waals surface area contributed by atoms with Gasteiger partial charge in [0.1, 0.15) is 17.4 Å². The number of carbonyl (C=O) groups is 1. The Balaban J connectivity index is 1.15. The molecular formula is C59H67N4O9-. The van der Waals surface area contributed by atoms with Crippen LogP contribution in [0.4, 0.5) is 11.5 Å². The minimum Gasteiger partial charge on any atom is -0.668 e. The Hall–Kier alpha value is -6.54. The van der Waals surface area contributed by atoms with Crippen LogP contribution in [0.5, 0.6) is 34.5 Å². The van der Waals surface area contributed by atoms with Crippen LogP contribution in [0.25, 0.3) is 10.8 Å². The van der Waals surface area contributed by atoms with Crippen molar-refractivity contribution in [1.82, 2.24) is 15.3 Å². The number of likely N-dealkylation sites (N-methyl/N-ethyl adjacent to an activating group) is 1. The Morgan fingerprint density at radius 1 is 1.01 bits per heavy atom. The van der Waals surface area contributed by atoms with Crippen LogP contribution in [0.1, 0.15) is 104 Å². The molecule has 4 aromatic carbocycles. The third-order valence-electron chi connectivity index (χ3n) is 16.3. The van der Waals surface area contributed by atoms with Gasteiger partial charge < -0.3 is 55.7 Å². The zero-order valence-corrected chi connectivity index (χ0v) is 41.1. The van der Waals surface area contributed by atoms with E-state index >= 15 is 4.79 Å². The van der Waals surface area contributed by atoms with E-state index in [0.717, 1.165) is 63.7 Å². The smallest absolute Gasteiger partial charge is 0.200 e. The number of phenolic OH excluding ortho intramolecular Hbond substituents is 4. The minimum atomic E-state index is -1.21. The number of aliphatic hydroxyl groups is 2. The summed E-state index contributed by atoms with van der Waals surface area (Å²) < 4.78 is 12.3. The SMILES string of the molecule is CNC[C@@H]1C[C@@H](c2cc(O)c(O)c(OC[C@@H]3C=CC[C@H](C)C3)c2)CC(=O)[C@@H]([C@H](O)CCc2ccc(O)c3c2CCCO3)[C@@]2(CC[C@@H](O)[C@@H]2Cc2ccc[n-]2)c2ccnc(c2)Nc2ccc3cc(O)ccc3c21. The Labute approximate surface area is 421 Å². The molecule has 9 atom stereocenters. The van der Waals surface area contributed by atoms with Gasteiger partial charge in [-0.15, -0.1) is 0 Å². The van der Waals surface area contributed by atoms with Crippen molar-refractivity contribution in [2.45, 2.75) is 107 Å². The highest BCUT2D eigenvalue weighted by atomic mass is 16.5. The van der Waals surface area contributed by atoms with Crippen LogP contribution < -0.4 is 25.1 Å². The molecule has 13 heteroatoms. The van der Waals surface area contributed by atoms with Gasteiger partial charge in [0.05, 0.1) is 31.3 Å². The average molecular weight is 976 g/mol. The summed E-state index contributed by atoms with van der Waals surface area (Å²) in [6.07, 6.45) is 11.2. The molecule has 1 saturated carbocycles. The van der Waals surface area contributed by atoms with Gasteiger partial charge in [0.2, 0.25) is 5.75 Å². The highest BCUT2D eigenvalue weighted by Gasteiger charge is 2.57. The lowest BCUT2D eigenvalue weighted by atomic mass is 9.58. The van der Waals surface area contributed by atoms with Crippen molar-refractivity contribution >= 4 is 28.1 Å². The van der Waals surface area contributed by atoms with Crippen LogP contribution in [-0.4, -0.2) is 80.4 Å². The third-order valence-corrected chi connectivity index (χ3v) is 16.3. The van der Waals surface area contributed by atoms with Gasteiger partial charge in [-0.3, -0.25) is 4.79 Å². The number of hydrogen-bond acceptors (Lipinski definition) is 12. The van der Waals surface area contributed by atoms with Crippen LogP contribution in [-0.2, 0) is 29.5 Å². The van der Waals surface area contributed by atoms with Crippen molar-refractivity contribution in [3.63, 3.8) is 0 Å². The number of nitrogens with zero attached hydrogens (tertiary/aromatic N) is 2. The number of aromatic nitrogens is 2. The maximum Gasteiger partial charge on any atom is 0.200 e. The maximum atomic E-state index is 16.4. The normalized spacial score (nSPS) is 25.6. The number of Topliss-reactive ketones (excluding diaryl/α,β-unsaturated/α-hetero) is 1. The van der Waals surface area contributed by atoms with Crippen LogP contribution in [0.2, 0.25) is 0 Å². The van der Waals surface area contributed by atoms with Crippen molar-refractivity contribution in [2.24, 2.45) is 23.7 Å². The lowest BCUT2D eigenvalue weighted by molar-refractivity contribution is -0.132. The second-order valence-corrected chi connectivity index (χ2v) is 21.0. The highest BCUT2D eigenvalue weighted by molar-refractivity contribution is 5.93. The van der Waals surface area contributed by atoms with Crippen molar-refractivity contribution in [3.8, 4) is 34.5 Å². The molecular weight excluding hydrogens is 909 g/mol. The predicted molar refractivity (Wildman–Crippen MR) is 277 cm³/mol. The zero-order chi connectivity index (χ0) is 50.1. The molecule has 0 radical (unpaired) electrons. The Morgan fingerprint density at radius 3 is 2.71 bits per heavy atom. The van der Waals surface area contributed by atoms with Gasteiger partial charge in [-0.2, -0.15) is 11.9 Å². The number of benzene rings is 4. The minimum absolute atomic E-state index is 0.0671. The average Bonchev–Trinajstić information content (AvgIpc) is 4.01. The van der Waals surface area contributed by atoms with Crippen molar-refractivity contribution in [2.75, 3.05) is 32.1 Å². The second kappa shape index (κ2) is 20.9. The Morgan fingerprint density at radius 2 is 1.89 bits per heavy atom. The lowest BCUT2D eigenvalue weighted by Gasteiger charge is -2.46. The van der Waals surface area contributed by atoms with Gasteiger partial charge in [-0.1, -0.05) is 49.4 Å². The summed E-state index contributed by atoms with van der Waals surface area (Å²) in [7, 11) is 1.88. The summed E-state index contributed by atoms with van der Waals surface area (Å²) >= 11 is 0. The molecule has 2 bridgehead atoms. The van der Waals surface area contributed by atoms with E-state index in [1.807, 2.05) is 55.6 Å². The summed E-state index contributed by atoms with van der Waals surface area (Å²) in [6, 6.07) is 23.8. The fourth-order valence-electron chi connectivity index (χ4n) is 13.0.